The predicted molar refractivity (Wildman–Crippen MR) is 73.4 cm³/mol. The monoisotopic (exact) mass is 297 g/mol. The summed E-state index contributed by atoms with van der Waals surface area (Å²) in [5.41, 5.74) is 1.74. The van der Waals surface area contributed by atoms with Crippen molar-refractivity contribution in [3.05, 3.63) is 52.7 Å². The van der Waals surface area contributed by atoms with Crippen LogP contribution in [0.3, 0.4) is 0 Å². The third-order valence-corrected chi connectivity index (χ3v) is 5.45. The van der Waals surface area contributed by atoms with Crippen molar-refractivity contribution in [2.45, 2.75) is 31.8 Å². The molecule has 2 rings (SSSR count). The fourth-order valence-corrected chi connectivity index (χ4v) is 3.61. The quantitative estimate of drug-likeness (QED) is 0.870. The Morgan fingerprint density at radius 1 is 1.25 bits per heavy atom. The van der Waals surface area contributed by atoms with Crippen molar-refractivity contribution in [1.29, 1.82) is 0 Å². The molecule has 0 saturated heterocycles. The number of hydrogen-bond donors (Lipinski definition) is 0. The van der Waals surface area contributed by atoms with Crippen LogP contribution in [0.15, 0.2) is 28.8 Å². The van der Waals surface area contributed by atoms with Crippen LogP contribution in [0.5, 0.6) is 0 Å². The van der Waals surface area contributed by atoms with E-state index >= 15 is 0 Å². The van der Waals surface area contributed by atoms with Crippen LogP contribution >= 0.6 is 0 Å². The van der Waals surface area contributed by atoms with Crippen molar-refractivity contribution in [3.8, 4) is 0 Å². The average Bonchev–Trinajstić information content (AvgIpc) is 2.70. The Bertz CT molecular complexity index is 685. The topological polar surface area (TPSA) is 60.2 Å². The molecule has 1 aromatic carbocycles. The molecule has 0 amide bonds. The van der Waals surface area contributed by atoms with E-state index < -0.39 is 15.1 Å². The van der Waals surface area contributed by atoms with E-state index in [1.165, 1.54) is 24.3 Å². The van der Waals surface area contributed by atoms with Gasteiger partial charge in [-0.1, -0.05) is 17.3 Å². The molecule has 2 aromatic rings. The van der Waals surface area contributed by atoms with Crippen molar-refractivity contribution in [3.63, 3.8) is 0 Å². The minimum Gasteiger partial charge on any atom is -0.361 e. The second kappa shape index (κ2) is 5.36. The highest BCUT2D eigenvalue weighted by atomic mass is 32.2. The Kier molecular flexibility index (Phi) is 3.94. The van der Waals surface area contributed by atoms with Gasteiger partial charge in [-0.15, -0.1) is 0 Å². The molecule has 1 heterocycles. The van der Waals surface area contributed by atoms with Gasteiger partial charge in [-0.05, 0) is 38.5 Å². The van der Waals surface area contributed by atoms with Gasteiger partial charge in [-0.25, -0.2) is 12.8 Å². The van der Waals surface area contributed by atoms with Gasteiger partial charge in [0.05, 0.1) is 16.7 Å². The molecule has 0 N–H and O–H groups in total. The first-order chi connectivity index (χ1) is 9.31. The third kappa shape index (κ3) is 2.90. The van der Waals surface area contributed by atoms with E-state index in [0.717, 1.165) is 0 Å². The van der Waals surface area contributed by atoms with E-state index in [0.29, 0.717) is 22.6 Å². The number of halogens is 1. The number of rotatable bonds is 4. The zero-order chi connectivity index (χ0) is 14.9. The van der Waals surface area contributed by atoms with Crippen LogP contribution in [0.2, 0.25) is 0 Å². The molecule has 1 atom stereocenters. The summed E-state index contributed by atoms with van der Waals surface area (Å²) in [6.07, 6.45) is 0. The maximum atomic E-state index is 12.9. The van der Waals surface area contributed by atoms with Crippen LogP contribution < -0.4 is 0 Å². The summed E-state index contributed by atoms with van der Waals surface area (Å²) in [5, 5.41) is 3.04. The number of nitrogens with zero attached hydrogens (tertiary/aromatic N) is 1. The number of aromatic nitrogens is 1. The van der Waals surface area contributed by atoms with E-state index in [4.69, 9.17) is 4.52 Å². The maximum Gasteiger partial charge on any atom is 0.161 e. The molecular formula is C14H16FNO3S. The molecule has 4 nitrogen and oxygen atoms in total. The van der Waals surface area contributed by atoms with Crippen LogP contribution in [0.25, 0.3) is 0 Å². The normalized spacial score (nSPS) is 13.4. The lowest BCUT2D eigenvalue weighted by molar-refractivity contribution is 0.392. The van der Waals surface area contributed by atoms with E-state index in [-0.39, 0.29) is 11.6 Å². The second-order valence-electron chi connectivity index (χ2n) is 4.80. The van der Waals surface area contributed by atoms with Crippen LogP contribution in [-0.2, 0) is 15.6 Å². The lowest BCUT2D eigenvalue weighted by Crippen LogP contribution is -2.13. The highest BCUT2D eigenvalue weighted by Gasteiger charge is 2.26. The Morgan fingerprint density at radius 2 is 1.85 bits per heavy atom. The Labute approximate surface area is 117 Å². The van der Waals surface area contributed by atoms with Crippen LogP contribution in [0, 0.1) is 19.7 Å². The van der Waals surface area contributed by atoms with Gasteiger partial charge >= 0.3 is 0 Å². The second-order valence-corrected chi connectivity index (χ2v) is 7.13. The third-order valence-electron chi connectivity index (χ3n) is 3.40. The van der Waals surface area contributed by atoms with Gasteiger partial charge in [0.15, 0.2) is 9.84 Å². The molecule has 0 aliphatic carbocycles. The molecule has 0 spiro atoms. The Balaban J connectivity index is 2.28. The number of hydrogen-bond acceptors (Lipinski definition) is 4. The minimum absolute atomic E-state index is 0.132. The zero-order valence-electron chi connectivity index (χ0n) is 11.6. The first-order valence-electron chi connectivity index (χ1n) is 6.20. The molecule has 0 aliphatic rings. The summed E-state index contributed by atoms with van der Waals surface area (Å²) in [4.78, 5) is 0. The average molecular weight is 297 g/mol. The summed E-state index contributed by atoms with van der Waals surface area (Å²) < 4.78 is 42.7. The van der Waals surface area contributed by atoms with E-state index in [2.05, 4.69) is 5.16 Å². The van der Waals surface area contributed by atoms with Gasteiger partial charge in [0, 0.05) is 5.56 Å². The summed E-state index contributed by atoms with van der Waals surface area (Å²) in [6, 6.07) is 5.50. The fraction of sp³-hybridized carbons (Fsp3) is 0.357. The van der Waals surface area contributed by atoms with Crippen molar-refractivity contribution < 1.29 is 17.3 Å². The van der Waals surface area contributed by atoms with E-state index in [1.807, 2.05) is 0 Å². The standard InChI is InChI=1S/C14H16FNO3S/c1-9-14(10(2)19-16-9)8-20(17,18)11(3)12-4-6-13(15)7-5-12/h4-7,11H,8H2,1-3H3/t11-/m0/s1. The first kappa shape index (κ1) is 14.7. The molecule has 108 valence electrons. The van der Waals surface area contributed by atoms with E-state index in [1.54, 1.807) is 20.8 Å². The summed E-state index contributed by atoms with van der Waals surface area (Å²) in [5.74, 6) is -0.00589. The van der Waals surface area contributed by atoms with Gasteiger partial charge in [-0.3, -0.25) is 0 Å². The maximum absolute atomic E-state index is 12.9. The molecule has 0 radical (unpaired) electrons. The molecule has 0 fully saturated rings. The lowest BCUT2D eigenvalue weighted by Gasteiger charge is -2.13. The van der Waals surface area contributed by atoms with Crippen molar-refractivity contribution >= 4 is 9.84 Å². The number of aryl methyl sites for hydroxylation is 2. The zero-order valence-corrected chi connectivity index (χ0v) is 12.4. The highest BCUT2D eigenvalue weighted by molar-refractivity contribution is 7.90. The molecular weight excluding hydrogens is 281 g/mol. The number of sulfone groups is 1. The summed E-state index contributed by atoms with van der Waals surface area (Å²) >= 11 is 0. The molecule has 0 aliphatic heterocycles. The van der Waals surface area contributed by atoms with Crippen LogP contribution in [-0.4, -0.2) is 13.6 Å². The molecule has 0 bridgehead atoms. The SMILES string of the molecule is Cc1noc(C)c1CS(=O)(=O)[C@@H](C)c1ccc(F)cc1. The van der Waals surface area contributed by atoms with Gasteiger partial charge < -0.3 is 4.52 Å². The minimum atomic E-state index is -3.42. The summed E-state index contributed by atoms with van der Waals surface area (Å²) in [7, 11) is -3.42. The number of benzene rings is 1. The molecule has 1 aromatic heterocycles. The van der Waals surface area contributed by atoms with Gasteiger partial charge in [-0.2, -0.15) is 0 Å². The predicted octanol–water partition coefficient (Wildman–Crippen LogP) is 3.11. The van der Waals surface area contributed by atoms with Crippen molar-refractivity contribution in [2.24, 2.45) is 0 Å². The largest absolute Gasteiger partial charge is 0.361 e. The molecule has 20 heavy (non-hydrogen) atoms. The Morgan fingerprint density at radius 3 is 2.35 bits per heavy atom. The molecule has 0 saturated carbocycles. The van der Waals surface area contributed by atoms with Gasteiger partial charge in [0.1, 0.15) is 11.6 Å². The highest BCUT2D eigenvalue weighted by Crippen LogP contribution is 2.27. The Hall–Kier alpha value is -1.69. The van der Waals surface area contributed by atoms with Gasteiger partial charge in [0.2, 0.25) is 0 Å². The first-order valence-corrected chi connectivity index (χ1v) is 7.91. The molecule has 0 unspecified atom stereocenters. The lowest BCUT2D eigenvalue weighted by atomic mass is 10.2. The van der Waals surface area contributed by atoms with E-state index in [9.17, 15) is 12.8 Å². The van der Waals surface area contributed by atoms with Crippen LogP contribution in [0.1, 0.15) is 34.8 Å². The smallest absolute Gasteiger partial charge is 0.161 e. The van der Waals surface area contributed by atoms with Crippen LogP contribution in [0.4, 0.5) is 4.39 Å². The molecule has 6 heteroatoms. The van der Waals surface area contributed by atoms with Crippen molar-refractivity contribution in [2.75, 3.05) is 0 Å². The fourth-order valence-electron chi connectivity index (χ4n) is 1.98. The van der Waals surface area contributed by atoms with Crippen molar-refractivity contribution in [1.82, 2.24) is 5.16 Å². The summed E-state index contributed by atoms with van der Waals surface area (Å²) in [6.45, 7) is 5.00. The van der Waals surface area contributed by atoms with Gasteiger partial charge in [0.25, 0.3) is 0 Å².